The molecule has 3 rings (SSSR count). The Morgan fingerprint density at radius 1 is 1.29 bits per heavy atom. The zero-order chi connectivity index (χ0) is 15.2. The molecule has 0 unspecified atom stereocenters. The average molecular weight is 285 g/mol. The number of hydrogen-bond acceptors (Lipinski definition) is 3. The maximum Gasteiger partial charge on any atom is 0.154 e. The largest absolute Gasteiger partial charge is 0.355 e. The molecule has 0 bridgehead atoms. The van der Waals surface area contributed by atoms with Crippen LogP contribution in [0.3, 0.4) is 0 Å². The summed E-state index contributed by atoms with van der Waals surface area (Å²) < 4.78 is 0. The second kappa shape index (κ2) is 5.11. The van der Waals surface area contributed by atoms with Crippen molar-refractivity contribution in [1.82, 2.24) is 9.97 Å². The Labute approximate surface area is 128 Å². The summed E-state index contributed by atoms with van der Waals surface area (Å²) in [5.74, 6) is 2.48. The first-order valence-electron chi connectivity index (χ1n) is 8.12. The van der Waals surface area contributed by atoms with Gasteiger partial charge in [-0.2, -0.15) is 0 Å². The van der Waals surface area contributed by atoms with Gasteiger partial charge in [-0.25, -0.2) is 4.98 Å². The summed E-state index contributed by atoms with van der Waals surface area (Å²) in [6.07, 6.45) is 8.81. The van der Waals surface area contributed by atoms with Gasteiger partial charge in [-0.1, -0.05) is 27.4 Å². The van der Waals surface area contributed by atoms with E-state index in [1.54, 1.807) is 0 Å². The number of hydrogen-bond donors (Lipinski definition) is 0. The van der Waals surface area contributed by atoms with Gasteiger partial charge in [0.05, 0.1) is 5.69 Å². The van der Waals surface area contributed by atoms with Gasteiger partial charge >= 0.3 is 0 Å². The Hall–Kier alpha value is -1.38. The molecule has 1 aromatic rings. The van der Waals surface area contributed by atoms with E-state index in [9.17, 15) is 0 Å². The van der Waals surface area contributed by atoms with Crippen LogP contribution in [0.15, 0.2) is 12.8 Å². The van der Waals surface area contributed by atoms with E-state index < -0.39 is 0 Å². The number of anilines is 1. The summed E-state index contributed by atoms with van der Waals surface area (Å²) in [4.78, 5) is 11.8. The molecule has 0 saturated heterocycles. The summed E-state index contributed by atoms with van der Waals surface area (Å²) in [6, 6.07) is 0.594. The van der Waals surface area contributed by atoms with Crippen LogP contribution in [-0.4, -0.2) is 23.1 Å². The van der Waals surface area contributed by atoms with Crippen LogP contribution in [0.1, 0.15) is 63.8 Å². The lowest BCUT2D eigenvalue weighted by Gasteiger charge is -2.47. The first kappa shape index (κ1) is 14.6. The van der Waals surface area contributed by atoms with Gasteiger partial charge < -0.3 is 4.90 Å². The van der Waals surface area contributed by atoms with Gasteiger partial charge in [0.1, 0.15) is 5.69 Å². The van der Waals surface area contributed by atoms with Crippen molar-refractivity contribution in [2.75, 3.05) is 11.9 Å². The SMILES string of the molecule is C=Cc1ncc(C2CC2)nc1N(C)C1CC(C(C)(C)C)C1. The van der Waals surface area contributed by atoms with Crippen molar-refractivity contribution in [1.29, 1.82) is 0 Å². The predicted molar refractivity (Wildman–Crippen MR) is 88.5 cm³/mol. The van der Waals surface area contributed by atoms with Gasteiger partial charge in [0.2, 0.25) is 0 Å². The fraction of sp³-hybridized carbons (Fsp3) is 0.667. The van der Waals surface area contributed by atoms with Gasteiger partial charge in [0.15, 0.2) is 5.82 Å². The second-order valence-electron chi connectivity index (χ2n) is 7.78. The molecule has 0 N–H and O–H groups in total. The van der Waals surface area contributed by atoms with E-state index in [0.29, 0.717) is 17.4 Å². The summed E-state index contributed by atoms with van der Waals surface area (Å²) >= 11 is 0. The normalized spacial score (nSPS) is 25.3. The molecule has 2 saturated carbocycles. The Kier molecular flexibility index (Phi) is 3.54. The van der Waals surface area contributed by atoms with Crippen LogP contribution in [0.2, 0.25) is 0 Å². The third-order valence-electron chi connectivity index (χ3n) is 5.21. The van der Waals surface area contributed by atoms with Crippen LogP contribution in [0.25, 0.3) is 6.08 Å². The second-order valence-corrected chi connectivity index (χ2v) is 7.78. The lowest BCUT2D eigenvalue weighted by molar-refractivity contribution is 0.115. The van der Waals surface area contributed by atoms with Gasteiger partial charge in [-0.15, -0.1) is 0 Å². The van der Waals surface area contributed by atoms with Crippen LogP contribution in [0.4, 0.5) is 5.82 Å². The topological polar surface area (TPSA) is 29.0 Å². The molecular formula is C18H27N3. The maximum absolute atomic E-state index is 4.89. The molecule has 0 aliphatic heterocycles. The van der Waals surface area contributed by atoms with Crippen molar-refractivity contribution < 1.29 is 0 Å². The van der Waals surface area contributed by atoms with E-state index in [0.717, 1.165) is 23.1 Å². The van der Waals surface area contributed by atoms with E-state index in [2.05, 4.69) is 44.3 Å². The molecule has 114 valence electrons. The number of rotatable bonds is 4. The Morgan fingerprint density at radius 2 is 1.95 bits per heavy atom. The Morgan fingerprint density at radius 3 is 2.48 bits per heavy atom. The summed E-state index contributed by atoms with van der Waals surface area (Å²) in [5.41, 5.74) is 2.50. The molecule has 21 heavy (non-hydrogen) atoms. The molecule has 0 atom stereocenters. The fourth-order valence-corrected chi connectivity index (χ4v) is 3.17. The monoisotopic (exact) mass is 285 g/mol. The van der Waals surface area contributed by atoms with Crippen LogP contribution < -0.4 is 4.90 Å². The molecule has 2 aliphatic rings. The lowest BCUT2D eigenvalue weighted by atomic mass is 9.65. The van der Waals surface area contributed by atoms with Gasteiger partial charge in [-0.3, -0.25) is 4.98 Å². The molecule has 3 heteroatoms. The molecular weight excluding hydrogens is 258 g/mol. The highest BCUT2D eigenvalue weighted by Gasteiger charge is 2.40. The summed E-state index contributed by atoms with van der Waals surface area (Å²) in [7, 11) is 2.16. The minimum Gasteiger partial charge on any atom is -0.355 e. The van der Waals surface area contributed by atoms with Crippen LogP contribution in [0, 0.1) is 11.3 Å². The molecule has 0 radical (unpaired) electrons. The number of aromatic nitrogens is 2. The van der Waals surface area contributed by atoms with Crippen LogP contribution in [0.5, 0.6) is 0 Å². The Bertz CT molecular complexity index is 534. The summed E-state index contributed by atoms with van der Waals surface area (Å²) in [6.45, 7) is 10.9. The molecule has 2 fully saturated rings. The fourth-order valence-electron chi connectivity index (χ4n) is 3.17. The predicted octanol–water partition coefficient (Wildman–Crippen LogP) is 4.26. The standard InChI is InChI=1S/C18H27N3/c1-6-15-17(20-16(11-19-15)12-7-8-12)21(5)14-9-13(10-14)18(2,3)4/h6,11-14H,1,7-10H2,2-5H3. The third-order valence-corrected chi connectivity index (χ3v) is 5.21. The lowest BCUT2D eigenvalue weighted by Crippen LogP contribution is -2.47. The van der Waals surface area contributed by atoms with Gasteiger partial charge in [-0.05, 0) is 43.1 Å². The smallest absolute Gasteiger partial charge is 0.154 e. The minimum atomic E-state index is 0.417. The zero-order valence-corrected chi connectivity index (χ0v) is 13.8. The van der Waals surface area contributed by atoms with Crippen molar-refractivity contribution in [2.24, 2.45) is 11.3 Å². The van der Waals surface area contributed by atoms with E-state index in [1.165, 1.54) is 25.7 Å². The molecule has 0 spiro atoms. The maximum atomic E-state index is 4.89. The van der Waals surface area contributed by atoms with Crippen molar-refractivity contribution >= 4 is 11.9 Å². The highest BCUT2D eigenvalue weighted by Crippen LogP contribution is 2.45. The number of nitrogens with zero attached hydrogens (tertiary/aromatic N) is 3. The molecule has 2 aliphatic carbocycles. The third kappa shape index (κ3) is 2.83. The highest BCUT2D eigenvalue weighted by molar-refractivity contribution is 5.60. The average Bonchev–Trinajstić information content (AvgIpc) is 3.18. The van der Waals surface area contributed by atoms with Crippen LogP contribution >= 0.6 is 0 Å². The molecule has 1 aromatic heterocycles. The van der Waals surface area contributed by atoms with Crippen molar-refractivity contribution in [3.05, 3.63) is 24.2 Å². The van der Waals surface area contributed by atoms with E-state index in [1.807, 2.05) is 12.3 Å². The molecule has 0 amide bonds. The van der Waals surface area contributed by atoms with Gasteiger partial charge in [0.25, 0.3) is 0 Å². The zero-order valence-electron chi connectivity index (χ0n) is 13.8. The molecule has 3 nitrogen and oxygen atoms in total. The van der Waals surface area contributed by atoms with Gasteiger partial charge in [0, 0.05) is 25.2 Å². The van der Waals surface area contributed by atoms with E-state index >= 15 is 0 Å². The first-order chi connectivity index (χ1) is 9.90. The molecule has 0 aromatic carbocycles. The Balaban J connectivity index is 1.76. The van der Waals surface area contributed by atoms with E-state index in [-0.39, 0.29) is 0 Å². The van der Waals surface area contributed by atoms with Crippen molar-refractivity contribution in [3.8, 4) is 0 Å². The highest BCUT2D eigenvalue weighted by atomic mass is 15.2. The molecule has 1 heterocycles. The minimum absolute atomic E-state index is 0.417. The first-order valence-corrected chi connectivity index (χ1v) is 8.12. The van der Waals surface area contributed by atoms with Crippen molar-refractivity contribution in [3.63, 3.8) is 0 Å². The summed E-state index contributed by atoms with van der Waals surface area (Å²) in [5, 5.41) is 0. The van der Waals surface area contributed by atoms with E-state index in [4.69, 9.17) is 4.98 Å². The van der Waals surface area contributed by atoms with Crippen molar-refractivity contribution in [2.45, 2.75) is 58.4 Å². The van der Waals surface area contributed by atoms with Crippen LogP contribution in [-0.2, 0) is 0 Å². The quantitative estimate of drug-likeness (QED) is 0.827.